The highest BCUT2D eigenvalue weighted by Gasteiger charge is 2.24. The van der Waals surface area contributed by atoms with E-state index in [9.17, 15) is 0 Å². The van der Waals surface area contributed by atoms with Gasteiger partial charge in [-0.2, -0.15) is 0 Å². The number of ether oxygens (including phenoxy) is 1. The Kier molecular flexibility index (Phi) is 7.15. The van der Waals surface area contributed by atoms with Gasteiger partial charge >= 0.3 is 0 Å². The van der Waals surface area contributed by atoms with E-state index in [1.165, 1.54) is 16.7 Å². The number of fused-ring (bicyclic) bond motifs is 2. The summed E-state index contributed by atoms with van der Waals surface area (Å²) in [6.45, 7) is 17.8. The van der Waals surface area contributed by atoms with E-state index in [0.29, 0.717) is 12.5 Å². The van der Waals surface area contributed by atoms with Crippen molar-refractivity contribution in [1.82, 2.24) is 24.8 Å². The molecule has 7 heteroatoms. The van der Waals surface area contributed by atoms with Crippen LogP contribution < -0.4 is 9.64 Å². The summed E-state index contributed by atoms with van der Waals surface area (Å²) in [4.78, 5) is 22.7. The molecule has 0 saturated heterocycles. The number of anilines is 1. The fraction of sp³-hybridized carbons (Fsp3) is 0.433. The van der Waals surface area contributed by atoms with Gasteiger partial charge in [-0.15, -0.1) is 0 Å². The van der Waals surface area contributed by atoms with Crippen LogP contribution in [0.15, 0.2) is 36.4 Å². The monoisotopic (exact) mass is 498 g/mol. The van der Waals surface area contributed by atoms with E-state index in [2.05, 4.69) is 90.8 Å². The molecule has 1 N–H and O–H groups in total. The van der Waals surface area contributed by atoms with Crippen LogP contribution in [-0.2, 0) is 13.1 Å². The van der Waals surface area contributed by atoms with Crippen molar-refractivity contribution in [2.45, 2.75) is 60.5 Å². The Hall–Kier alpha value is -3.45. The molecule has 0 unspecified atom stereocenters. The summed E-state index contributed by atoms with van der Waals surface area (Å²) >= 11 is 0. The Morgan fingerprint density at radius 2 is 1.76 bits per heavy atom. The normalized spacial score (nSPS) is 13.8. The number of benzene rings is 2. The molecule has 2 aromatic heterocycles. The summed E-state index contributed by atoms with van der Waals surface area (Å²) in [5.41, 5.74) is 7.85. The van der Waals surface area contributed by atoms with E-state index >= 15 is 0 Å². The third-order valence-corrected chi connectivity index (χ3v) is 7.27. The zero-order valence-corrected chi connectivity index (χ0v) is 22.9. The minimum absolute atomic E-state index is 0.331. The summed E-state index contributed by atoms with van der Waals surface area (Å²) in [5, 5.41) is 0. The maximum atomic E-state index is 6.22. The Bertz CT molecular complexity index is 1400. The van der Waals surface area contributed by atoms with Gasteiger partial charge in [-0.1, -0.05) is 39.8 Å². The summed E-state index contributed by atoms with van der Waals surface area (Å²) in [6.07, 6.45) is 0. The molecule has 5 rings (SSSR count). The molecular formula is C30H38N6O. The number of hydrogen-bond acceptors (Lipinski definition) is 6. The van der Waals surface area contributed by atoms with Gasteiger partial charge in [-0.3, -0.25) is 4.90 Å². The number of aryl methyl sites for hydroxylation is 2. The molecule has 0 bridgehead atoms. The van der Waals surface area contributed by atoms with Crippen molar-refractivity contribution in [2.75, 3.05) is 31.1 Å². The number of aromatic nitrogens is 4. The van der Waals surface area contributed by atoms with E-state index in [1.54, 1.807) is 0 Å². The third kappa shape index (κ3) is 5.18. The lowest BCUT2D eigenvalue weighted by molar-refractivity contribution is 0.288. The molecule has 0 spiro atoms. The maximum absolute atomic E-state index is 6.22. The summed E-state index contributed by atoms with van der Waals surface area (Å²) in [7, 11) is 0. The predicted molar refractivity (Wildman–Crippen MR) is 150 cm³/mol. The highest BCUT2D eigenvalue weighted by molar-refractivity contribution is 5.82. The van der Waals surface area contributed by atoms with Crippen LogP contribution in [0, 0.1) is 13.8 Å². The van der Waals surface area contributed by atoms with Crippen LogP contribution in [0.3, 0.4) is 0 Å². The quantitative estimate of drug-likeness (QED) is 0.337. The number of rotatable bonds is 7. The molecule has 37 heavy (non-hydrogen) atoms. The second-order valence-electron chi connectivity index (χ2n) is 10.2. The molecule has 194 valence electrons. The molecule has 3 heterocycles. The van der Waals surface area contributed by atoms with Crippen LogP contribution in [0.2, 0.25) is 0 Å². The Morgan fingerprint density at radius 3 is 2.51 bits per heavy atom. The van der Waals surface area contributed by atoms with Crippen LogP contribution in [0.5, 0.6) is 5.75 Å². The van der Waals surface area contributed by atoms with E-state index in [0.717, 1.165) is 78.2 Å². The lowest BCUT2D eigenvalue weighted by Crippen LogP contribution is -2.30. The first-order chi connectivity index (χ1) is 17.9. The third-order valence-electron chi connectivity index (χ3n) is 7.27. The van der Waals surface area contributed by atoms with Gasteiger partial charge in [0.05, 0.1) is 24.1 Å². The molecule has 4 aromatic rings. The predicted octanol–water partition coefficient (Wildman–Crippen LogP) is 6.00. The summed E-state index contributed by atoms with van der Waals surface area (Å²) in [5.74, 6) is 4.14. The highest BCUT2D eigenvalue weighted by Crippen LogP contribution is 2.34. The smallest absolute Gasteiger partial charge is 0.144 e. The summed E-state index contributed by atoms with van der Waals surface area (Å²) < 4.78 is 6.22. The first kappa shape index (κ1) is 25.2. The Balaban J connectivity index is 1.51. The lowest BCUT2D eigenvalue weighted by atomic mass is 10.00. The molecule has 0 radical (unpaired) electrons. The van der Waals surface area contributed by atoms with Crippen molar-refractivity contribution in [1.29, 1.82) is 0 Å². The molecule has 7 nitrogen and oxygen atoms in total. The largest absolute Gasteiger partial charge is 0.491 e. The van der Waals surface area contributed by atoms with Crippen LogP contribution in [0.1, 0.15) is 62.1 Å². The van der Waals surface area contributed by atoms with Crippen molar-refractivity contribution in [2.24, 2.45) is 0 Å². The van der Waals surface area contributed by atoms with E-state index < -0.39 is 0 Å². The van der Waals surface area contributed by atoms with Gasteiger partial charge in [0.15, 0.2) is 0 Å². The molecule has 1 aliphatic rings. The van der Waals surface area contributed by atoms with Crippen molar-refractivity contribution in [3.8, 4) is 16.9 Å². The van der Waals surface area contributed by atoms with Gasteiger partial charge in [-0.25, -0.2) is 15.0 Å². The fourth-order valence-corrected chi connectivity index (χ4v) is 5.33. The molecular weight excluding hydrogens is 460 g/mol. The second kappa shape index (κ2) is 10.5. The first-order valence-corrected chi connectivity index (χ1v) is 13.4. The van der Waals surface area contributed by atoms with Gasteiger partial charge in [0.2, 0.25) is 0 Å². The molecule has 0 fully saturated rings. The zero-order valence-electron chi connectivity index (χ0n) is 22.9. The van der Waals surface area contributed by atoms with Crippen LogP contribution in [0.25, 0.3) is 22.2 Å². The van der Waals surface area contributed by atoms with Gasteiger partial charge in [0, 0.05) is 23.4 Å². The van der Waals surface area contributed by atoms with E-state index in [1.807, 2.05) is 6.92 Å². The topological polar surface area (TPSA) is 70.2 Å². The van der Waals surface area contributed by atoms with E-state index in [4.69, 9.17) is 14.7 Å². The van der Waals surface area contributed by atoms with Gasteiger partial charge in [-0.05, 0) is 68.2 Å². The maximum Gasteiger partial charge on any atom is 0.144 e. The van der Waals surface area contributed by atoms with Gasteiger partial charge in [0.25, 0.3) is 0 Å². The van der Waals surface area contributed by atoms with Crippen LogP contribution >= 0.6 is 0 Å². The number of aromatic amines is 1. The van der Waals surface area contributed by atoms with Crippen LogP contribution in [0.4, 0.5) is 5.82 Å². The van der Waals surface area contributed by atoms with Crippen molar-refractivity contribution in [3.05, 3.63) is 64.9 Å². The number of nitrogens with zero attached hydrogens (tertiary/aromatic N) is 5. The fourth-order valence-electron chi connectivity index (χ4n) is 5.33. The average Bonchev–Trinajstić information content (AvgIpc) is 3.12. The van der Waals surface area contributed by atoms with Crippen molar-refractivity contribution >= 4 is 16.9 Å². The number of nitrogens with one attached hydrogen (secondary N) is 1. The van der Waals surface area contributed by atoms with E-state index in [-0.39, 0.29) is 0 Å². The Labute approximate surface area is 219 Å². The minimum atomic E-state index is 0.331. The van der Waals surface area contributed by atoms with Crippen LogP contribution in [-0.4, -0.2) is 51.1 Å². The number of imidazole rings is 1. The molecule has 0 aliphatic carbocycles. The molecule has 1 aliphatic heterocycles. The molecule has 0 amide bonds. The average molecular weight is 499 g/mol. The standard InChI is InChI=1S/C30H38N6O/c1-7-35(8-2)18-28-31-20(5)29(19(3)4)30(34-28)36-13-14-37-27-12-10-22(15-24(27)17-36)23-9-11-25-26(16-23)33-21(6)32-25/h9-12,15-16,19H,7-8,13-14,17-18H2,1-6H3,(H,32,33). The van der Waals surface area contributed by atoms with Crippen molar-refractivity contribution in [3.63, 3.8) is 0 Å². The highest BCUT2D eigenvalue weighted by atomic mass is 16.5. The summed E-state index contributed by atoms with van der Waals surface area (Å²) in [6, 6.07) is 12.9. The lowest BCUT2D eigenvalue weighted by Gasteiger charge is -2.27. The number of H-pyrrole nitrogens is 1. The Morgan fingerprint density at radius 1 is 1.00 bits per heavy atom. The first-order valence-electron chi connectivity index (χ1n) is 13.4. The molecule has 0 saturated carbocycles. The minimum Gasteiger partial charge on any atom is -0.491 e. The molecule has 2 aromatic carbocycles. The SMILES string of the molecule is CCN(CC)Cc1nc(C)c(C(C)C)c(N2CCOc3ccc(-c4ccc5nc(C)[nH]c5c4)cc3C2)n1. The zero-order chi connectivity index (χ0) is 26.1. The number of hydrogen-bond donors (Lipinski definition) is 1. The van der Waals surface area contributed by atoms with Crippen molar-refractivity contribution < 1.29 is 4.74 Å². The second-order valence-corrected chi connectivity index (χ2v) is 10.2. The van der Waals surface area contributed by atoms with Gasteiger partial charge < -0.3 is 14.6 Å². The van der Waals surface area contributed by atoms with Gasteiger partial charge in [0.1, 0.15) is 29.8 Å². The molecule has 0 atom stereocenters.